The van der Waals surface area contributed by atoms with Crippen molar-refractivity contribution in [3.05, 3.63) is 39.3 Å². The predicted octanol–water partition coefficient (Wildman–Crippen LogP) is 3.44. The molecule has 0 saturated carbocycles. The fourth-order valence-corrected chi connectivity index (χ4v) is 2.07. The first-order valence-electron chi connectivity index (χ1n) is 5.94. The summed E-state index contributed by atoms with van der Waals surface area (Å²) < 4.78 is 5.34. The molecule has 1 aromatic rings. The largest absolute Gasteiger partial charge is 0.496 e. The summed E-state index contributed by atoms with van der Waals surface area (Å²) in [5.41, 5.74) is 11.1. The molecule has 0 radical (unpaired) electrons. The molecule has 0 amide bonds. The van der Waals surface area contributed by atoms with Crippen molar-refractivity contribution in [1.82, 2.24) is 0 Å². The second kappa shape index (κ2) is 6.89. The van der Waals surface area contributed by atoms with Gasteiger partial charge in [-0.25, -0.2) is 0 Å². The number of hydrogen-bond acceptors (Lipinski definition) is 3. The van der Waals surface area contributed by atoms with E-state index in [0.717, 1.165) is 22.4 Å². The summed E-state index contributed by atoms with van der Waals surface area (Å²) in [5, 5.41) is 13.6. The van der Waals surface area contributed by atoms with Crippen molar-refractivity contribution in [3.8, 4) is 5.75 Å². The summed E-state index contributed by atoms with van der Waals surface area (Å²) in [7, 11) is 1.61. The van der Waals surface area contributed by atoms with Crippen LogP contribution in [-0.4, -0.2) is 18.8 Å². The minimum atomic E-state index is -0.590. The molecule has 5 nitrogen and oxygen atoms in total. The average molecular weight is 249 g/mol. The molecule has 1 unspecified atom stereocenters. The molecule has 5 heteroatoms. The molecule has 0 bridgehead atoms. The molecule has 1 rings (SSSR count). The average Bonchev–Trinajstić information content (AvgIpc) is 2.33. The Morgan fingerprint density at radius 1 is 1.44 bits per heavy atom. The van der Waals surface area contributed by atoms with E-state index < -0.39 is 6.10 Å². The third kappa shape index (κ3) is 3.65. The number of rotatable bonds is 6. The number of aliphatic hydroxyl groups excluding tert-OH is 1. The summed E-state index contributed by atoms with van der Waals surface area (Å²) in [6.07, 6.45) is 0.618. The maximum absolute atomic E-state index is 10.2. The fraction of sp³-hybridized carbons (Fsp3) is 0.538. The SMILES string of the molecule is COc1c(C)cc(C)cc1C(O)CCCN=[N+]=[N-]. The van der Waals surface area contributed by atoms with Gasteiger partial charge in [-0.1, -0.05) is 16.7 Å². The van der Waals surface area contributed by atoms with Gasteiger partial charge in [0.1, 0.15) is 5.75 Å². The van der Waals surface area contributed by atoms with Gasteiger partial charge in [0.25, 0.3) is 0 Å². The van der Waals surface area contributed by atoms with Gasteiger partial charge < -0.3 is 9.84 Å². The second-order valence-electron chi connectivity index (χ2n) is 4.32. The van der Waals surface area contributed by atoms with Crippen molar-refractivity contribution in [3.63, 3.8) is 0 Å². The van der Waals surface area contributed by atoms with Crippen molar-refractivity contribution in [1.29, 1.82) is 0 Å². The van der Waals surface area contributed by atoms with Gasteiger partial charge in [-0.2, -0.15) is 0 Å². The number of aryl methyl sites for hydroxylation is 2. The third-order valence-corrected chi connectivity index (χ3v) is 2.81. The number of hydrogen-bond donors (Lipinski definition) is 1. The Kier molecular flexibility index (Phi) is 5.49. The molecule has 0 fully saturated rings. The van der Waals surface area contributed by atoms with Crippen molar-refractivity contribution >= 4 is 0 Å². The zero-order valence-corrected chi connectivity index (χ0v) is 11.1. The van der Waals surface area contributed by atoms with Gasteiger partial charge in [0, 0.05) is 17.0 Å². The molecule has 0 aliphatic carbocycles. The van der Waals surface area contributed by atoms with E-state index in [9.17, 15) is 5.11 Å². The highest BCUT2D eigenvalue weighted by Gasteiger charge is 2.15. The summed E-state index contributed by atoms with van der Waals surface area (Å²) in [6.45, 7) is 4.35. The summed E-state index contributed by atoms with van der Waals surface area (Å²) in [4.78, 5) is 2.69. The Hall–Kier alpha value is -1.71. The molecule has 1 atom stereocenters. The van der Waals surface area contributed by atoms with Crippen molar-refractivity contribution in [2.45, 2.75) is 32.8 Å². The molecule has 98 valence electrons. The van der Waals surface area contributed by atoms with E-state index in [1.807, 2.05) is 26.0 Å². The van der Waals surface area contributed by atoms with Crippen LogP contribution in [0.15, 0.2) is 17.2 Å². The van der Waals surface area contributed by atoms with Crippen LogP contribution in [0, 0.1) is 13.8 Å². The topological polar surface area (TPSA) is 78.2 Å². The molecule has 0 spiro atoms. The van der Waals surface area contributed by atoms with Gasteiger partial charge in [-0.3, -0.25) is 0 Å². The molecule has 1 N–H and O–H groups in total. The molecule has 18 heavy (non-hydrogen) atoms. The van der Waals surface area contributed by atoms with Gasteiger partial charge in [0.05, 0.1) is 13.2 Å². The van der Waals surface area contributed by atoms with Crippen molar-refractivity contribution in [2.75, 3.05) is 13.7 Å². The normalized spacial score (nSPS) is 11.8. The van der Waals surface area contributed by atoms with Crippen molar-refractivity contribution in [2.24, 2.45) is 5.11 Å². The molecule has 0 saturated heterocycles. The lowest BCUT2D eigenvalue weighted by Gasteiger charge is -2.17. The molecule has 1 aromatic carbocycles. The van der Waals surface area contributed by atoms with Crippen LogP contribution in [0.3, 0.4) is 0 Å². The lowest BCUT2D eigenvalue weighted by atomic mass is 9.98. The molecule has 0 heterocycles. The number of nitrogens with zero attached hydrogens (tertiary/aromatic N) is 3. The molecular formula is C13H19N3O2. The first-order chi connectivity index (χ1) is 8.60. The van der Waals surface area contributed by atoms with Crippen LogP contribution in [0.25, 0.3) is 10.4 Å². The second-order valence-corrected chi connectivity index (χ2v) is 4.32. The van der Waals surface area contributed by atoms with E-state index in [-0.39, 0.29) is 0 Å². The van der Waals surface area contributed by atoms with Gasteiger partial charge in [-0.15, -0.1) is 0 Å². The maximum Gasteiger partial charge on any atom is 0.127 e. The molecule has 0 aliphatic rings. The maximum atomic E-state index is 10.2. The van der Waals surface area contributed by atoms with Gasteiger partial charge in [-0.05, 0) is 43.9 Å². The highest BCUT2D eigenvalue weighted by Crippen LogP contribution is 2.32. The summed E-state index contributed by atoms with van der Waals surface area (Å²) in [6, 6.07) is 3.96. The predicted molar refractivity (Wildman–Crippen MR) is 70.7 cm³/mol. The molecule has 0 aromatic heterocycles. The van der Waals surface area contributed by atoms with Crippen LogP contribution >= 0.6 is 0 Å². The lowest BCUT2D eigenvalue weighted by molar-refractivity contribution is 0.161. The van der Waals surface area contributed by atoms with Crippen molar-refractivity contribution < 1.29 is 9.84 Å². The third-order valence-electron chi connectivity index (χ3n) is 2.81. The molecular weight excluding hydrogens is 230 g/mol. The van der Waals surface area contributed by atoms with Crippen LogP contribution in [0.4, 0.5) is 0 Å². The summed E-state index contributed by atoms with van der Waals surface area (Å²) in [5.74, 6) is 0.733. The first-order valence-corrected chi connectivity index (χ1v) is 5.94. The Labute approximate surface area is 107 Å². The number of benzene rings is 1. The number of azide groups is 1. The Morgan fingerprint density at radius 2 is 2.17 bits per heavy atom. The zero-order chi connectivity index (χ0) is 13.5. The van der Waals surface area contributed by atoms with E-state index in [2.05, 4.69) is 10.0 Å². The number of aliphatic hydroxyl groups is 1. The minimum Gasteiger partial charge on any atom is -0.496 e. The van der Waals surface area contributed by atoms with Gasteiger partial charge in [0.15, 0.2) is 0 Å². The fourth-order valence-electron chi connectivity index (χ4n) is 2.07. The quantitative estimate of drug-likeness (QED) is 0.363. The van der Waals surface area contributed by atoms with E-state index in [4.69, 9.17) is 10.3 Å². The summed E-state index contributed by atoms with van der Waals surface area (Å²) >= 11 is 0. The molecule has 0 aliphatic heterocycles. The Morgan fingerprint density at radius 3 is 2.78 bits per heavy atom. The van der Waals surface area contributed by atoms with Crippen LogP contribution < -0.4 is 4.74 Å². The lowest BCUT2D eigenvalue weighted by Crippen LogP contribution is -2.03. The van der Waals surface area contributed by atoms with E-state index in [1.165, 1.54) is 0 Å². The zero-order valence-electron chi connectivity index (χ0n) is 11.1. The standard InChI is InChI=1S/C13H19N3O2/c1-9-7-10(2)13(18-3)11(8-9)12(17)5-4-6-15-16-14/h7-8,12,17H,4-6H2,1-3H3. The Balaban J connectivity index is 2.83. The van der Waals surface area contributed by atoms with Crippen LogP contribution in [0.1, 0.15) is 35.6 Å². The highest BCUT2D eigenvalue weighted by atomic mass is 16.5. The smallest absolute Gasteiger partial charge is 0.127 e. The van der Waals surface area contributed by atoms with Gasteiger partial charge >= 0.3 is 0 Å². The van der Waals surface area contributed by atoms with Crippen LogP contribution in [0.5, 0.6) is 5.75 Å². The monoisotopic (exact) mass is 249 g/mol. The highest BCUT2D eigenvalue weighted by molar-refractivity contribution is 5.44. The van der Waals surface area contributed by atoms with Crippen LogP contribution in [0.2, 0.25) is 0 Å². The minimum absolute atomic E-state index is 0.403. The Bertz CT molecular complexity index is 454. The van der Waals surface area contributed by atoms with E-state index in [1.54, 1.807) is 7.11 Å². The van der Waals surface area contributed by atoms with E-state index in [0.29, 0.717) is 19.4 Å². The first kappa shape index (κ1) is 14.4. The van der Waals surface area contributed by atoms with E-state index >= 15 is 0 Å². The van der Waals surface area contributed by atoms with Gasteiger partial charge in [0.2, 0.25) is 0 Å². The number of methoxy groups -OCH3 is 1. The van der Waals surface area contributed by atoms with Crippen LogP contribution in [-0.2, 0) is 0 Å². The number of ether oxygens (including phenoxy) is 1.